The fourth-order valence-corrected chi connectivity index (χ4v) is 7.58. The van der Waals surface area contributed by atoms with Crippen molar-refractivity contribution in [3.05, 3.63) is 69.5 Å². The molecule has 38 heavy (non-hydrogen) atoms. The number of halogens is 3. The van der Waals surface area contributed by atoms with Crippen LogP contribution in [-0.2, 0) is 25.2 Å². The second-order valence-corrected chi connectivity index (χ2v) is 12.2. The highest BCUT2D eigenvalue weighted by Crippen LogP contribution is 2.49. The van der Waals surface area contributed by atoms with Gasteiger partial charge in [0.25, 0.3) is 10.0 Å². The molecule has 0 radical (unpaired) electrons. The SMILES string of the molecule is CN(c1cc(F)c(S(=O)(=O)N(OC=O)c2cscn2)cc1Cl)[C@H]1CCN(C2(c3ccccc3F)CCC2)C1. The molecule has 0 amide bonds. The van der Waals surface area contributed by atoms with Gasteiger partial charge in [-0.05, 0) is 37.8 Å². The quantitative estimate of drug-likeness (QED) is 0.261. The molecule has 1 aromatic heterocycles. The lowest BCUT2D eigenvalue weighted by atomic mass is 9.70. The van der Waals surface area contributed by atoms with Crippen molar-refractivity contribution in [2.45, 2.75) is 42.2 Å². The summed E-state index contributed by atoms with van der Waals surface area (Å²) >= 11 is 7.57. The van der Waals surface area contributed by atoms with Crippen LogP contribution in [0.2, 0.25) is 5.02 Å². The molecule has 0 spiro atoms. The van der Waals surface area contributed by atoms with E-state index in [9.17, 15) is 17.6 Å². The number of hydrogen-bond acceptors (Lipinski definition) is 8. The molecule has 3 aromatic rings. The van der Waals surface area contributed by atoms with E-state index < -0.39 is 20.7 Å². The Morgan fingerprint density at radius 2 is 2.00 bits per heavy atom. The first-order valence-corrected chi connectivity index (χ1v) is 14.7. The van der Waals surface area contributed by atoms with E-state index in [0.717, 1.165) is 55.7 Å². The normalized spacial score (nSPS) is 19.1. The Bertz CT molecular complexity index is 1440. The molecular formula is C25H25ClF2N4O4S2. The number of likely N-dealkylation sites (tertiary alicyclic amines) is 1. The van der Waals surface area contributed by atoms with Gasteiger partial charge in [0.2, 0.25) is 0 Å². The maximum absolute atomic E-state index is 15.3. The Kier molecular flexibility index (Phi) is 7.33. The molecule has 0 N–H and O–H groups in total. The first-order chi connectivity index (χ1) is 18.2. The van der Waals surface area contributed by atoms with Gasteiger partial charge >= 0.3 is 6.47 Å². The van der Waals surface area contributed by atoms with Crippen molar-refractivity contribution >= 4 is 50.9 Å². The largest absolute Gasteiger partial charge is 0.369 e. The topological polar surface area (TPSA) is 83.1 Å². The fraction of sp³-hybridized carbons (Fsp3) is 0.360. The summed E-state index contributed by atoms with van der Waals surface area (Å²) in [7, 11) is -2.88. The molecule has 2 aliphatic rings. The van der Waals surface area contributed by atoms with E-state index in [0.29, 0.717) is 17.8 Å². The molecule has 0 bridgehead atoms. The lowest BCUT2D eigenvalue weighted by molar-refractivity contribution is -0.128. The molecule has 5 rings (SSSR count). The van der Waals surface area contributed by atoms with Crippen LogP contribution in [0, 0.1) is 11.6 Å². The van der Waals surface area contributed by atoms with Crippen molar-refractivity contribution in [1.29, 1.82) is 0 Å². The van der Waals surface area contributed by atoms with Crippen LogP contribution >= 0.6 is 22.9 Å². The predicted octanol–water partition coefficient (Wildman–Crippen LogP) is 4.95. The summed E-state index contributed by atoms with van der Waals surface area (Å²) in [6.45, 7) is 1.27. The Morgan fingerprint density at radius 1 is 1.24 bits per heavy atom. The average molecular weight is 583 g/mol. The molecule has 202 valence electrons. The van der Waals surface area contributed by atoms with Crippen molar-refractivity contribution in [3.8, 4) is 0 Å². The van der Waals surface area contributed by atoms with Crippen LogP contribution < -0.4 is 9.37 Å². The smallest absolute Gasteiger partial charge is 0.322 e. The summed E-state index contributed by atoms with van der Waals surface area (Å²) in [6, 6.07) is 8.89. The molecule has 1 atom stereocenters. The van der Waals surface area contributed by atoms with Gasteiger partial charge in [0.05, 0.1) is 16.2 Å². The third kappa shape index (κ3) is 4.53. The van der Waals surface area contributed by atoms with E-state index in [1.165, 1.54) is 17.0 Å². The molecule has 0 unspecified atom stereocenters. The average Bonchev–Trinajstić information content (AvgIpc) is 3.57. The summed E-state index contributed by atoms with van der Waals surface area (Å²) in [5, 5.41) is 1.35. The van der Waals surface area contributed by atoms with E-state index in [2.05, 4.69) is 14.7 Å². The van der Waals surface area contributed by atoms with Crippen molar-refractivity contribution in [3.63, 3.8) is 0 Å². The molecule has 1 aliphatic heterocycles. The molecule has 8 nitrogen and oxygen atoms in total. The van der Waals surface area contributed by atoms with Crippen molar-refractivity contribution in [2.24, 2.45) is 0 Å². The second-order valence-electron chi connectivity index (χ2n) is 9.38. The summed E-state index contributed by atoms with van der Waals surface area (Å²) in [6.07, 6.45) is 3.49. The standard InChI is InChI=1S/C25H25ClF2N4O4S2/c1-30(17-7-10-31(13-17)25(8-4-9-25)18-5-2-3-6-20(18)27)22-12-21(28)23(11-19(22)26)38(34,35)32(36-16-33)24-14-37-15-29-24/h2-3,5-6,11-12,14-17H,4,7-10,13H2,1H3/t17-/m0/s1. The first kappa shape index (κ1) is 26.8. The third-order valence-electron chi connectivity index (χ3n) is 7.50. The number of benzene rings is 2. The van der Waals surface area contributed by atoms with Crippen molar-refractivity contribution in [1.82, 2.24) is 9.88 Å². The van der Waals surface area contributed by atoms with Crippen LogP contribution in [0.1, 0.15) is 31.2 Å². The molecule has 1 saturated carbocycles. The Labute approximate surface area is 228 Å². The number of hydrogen-bond donors (Lipinski definition) is 0. The monoisotopic (exact) mass is 582 g/mol. The highest BCUT2D eigenvalue weighted by atomic mass is 35.5. The second kappa shape index (κ2) is 10.4. The number of thiazole rings is 1. The van der Waals surface area contributed by atoms with Gasteiger partial charge in [0, 0.05) is 48.7 Å². The van der Waals surface area contributed by atoms with Crippen molar-refractivity contribution < 1.29 is 26.8 Å². The lowest BCUT2D eigenvalue weighted by Crippen LogP contribution is -2.51. The first-order valence-electron chi connectivity index (χ1n) is 11.9. The Balaban J connectivity index is 1.39. The van der Waals surface area contributed by atoms with Crippen LogP contribution in [0.15, 0.2) is 52.2 Å². The van der Waals surface area contributed by atoms with Gasteiger partial charge in [-0.2, -0.15) is 8.42 Å². The number of likely N-dealkylation sites (N-methyl/N-ethyl adjacent to an activating group) is 1. The fourth-order valence-electron chi connectivity index (χ4n) is 5.39. The van der Waals surface area contributed by atoms with Gasteiger partial charge in [-0.3, -0.25) is 9.69 Å². The molecule has 1 aliphatic carbocycles. The Hall–Kier alpha value is -2.80. The predicted molar refractivity (Wildman–Crippen MR) is 141 cm³/mol. The molecule has 1 saturated heterocycles. The summed E-state index contributed by atoms with van der Waals surface area (Å²) in [5.74, 6) is -1.46. The number of nitrogens with zero attached hydrogens (tertiary/aromatic N) is 4. The highest BCUT2D eigenvalue weighted by molar-refractivity contribution is 7.92. The summed E-state index contributed by atoms with van der Waals surface area (Å²) in [5.41, 5.74) is 2.01. The van der Waals surface area contributed by atoms with Crippen LogP contribution in [0.5, 0.6) is 0 Å². The third-order valence-corrected chi connectivity index (χ3v) is 9.95. The number of rotatable bonds is 9. The van der Waals surface area contributed by atoms with Crippen LogP contribution in [-0.4, -0.2) is 51.0 Å². The Morgan fingerprint density at radius 3 is 2.63 bits per heavy atom. The van der Waals surface area contributed by atoms with Gasteiger partial charge in [-0.1, -0.05) is 34.3 Å². The number of carbonyl (C=O) groups is 1. The molecular weight excluding hydrogens is 558 g/mol. The van der Waals surface area contributed by atoms with E-state index in [4.69, 9.17) is 11.6 Å². The van der Waals surface area contributed by atoms with Crippen LogP contribution in [0.3, 0.4) is 0 Å². The molecule has 2 fully saturated rings. The van der Waals surface area contributed by atoms with Crippen molar-refractivity contribution in [2.75, 3.05) is 29.5 Å². The zero-order chi connectivity index (χ0) is 27.1. The summed E-state index contributed by atoms with van der Waals surface area (Å²) in [4.78, 5) is 22.8. The van der Waals surface area contributed by atoms with Crippen LogP contribution in [0.25, 0.3) is 0 Å². The van der Waals surface area contributed by atoms with E-state index in [1.54, 1.807) is 13.1 Å². The summed E-state index contributed by atoms with van der Waals surface area (Å²) < 4.78 is 56.6. The van der Waals surface area contributed by atoms with Crippen LogP contribution in [0.4, 0.5) is 20.3 Å². The molecule has 2 aromatic carbocycles. The van der Waals surface area contributed by atoms with E-state index >= 15 is 4.39 Å². The van der Waals surface area contributed by atoms with E-state index in [-0.39, 0.29) is 39.2 Å². The van der Waals surface area contributed by atoms with Gasteiger partial charge in [-0.15, -0.1) is 11.3 Å². The maximum atomic E-state index is 15.3. The minimum atomic E-state index is -4.66. The van der Waals surface area contributed by atoms with Gasteiger partial charge < -0.3 is 9.74 Å². The van der Waals surface area contributed by atoms with E-state index in [1.807, 2.05) is 17.0 Å². The maximum Gasteiger partial charge on any atom is 0.322 e. The minimum Gasteiger partial charge on any atom is -0.369 e. The number of aromatic nitrogens is 1. The zero-order valence-corrected chi connectivity index (χ0v) is 22.8. The number of sulfonamides is 1. The minimum absolute atomic E-state index is 0.0164. The molecule has 13 heteroatoms. The molecule has 2 heterocycles. The highest BCUT2D eigenvalue weighted by Gasteiger charge is 2.48. The van der Waals surface area contributed by atoms with Gasteiger partial charge in [0.15, 0.2) is 5.82 Å². The number of carbonyl (C=O) groups excluding carboxylic acids is 1. The van der Waals surface area contributed by atoms with Gasteiger partial charge in [-0.25, -0.2) is 13.8 Å². The van der Waals surface area contributed by atoms with Gasteiger partial charge in [0.1, 0.15) is 16.5 Å². The zero-order valence-electron chi connectivity index (χ0n) is 20.4. The number of anilines is 2. The lowest BCUT2D eigenvalue weighted by Gasteiger charge is -2.49.